The van der Waals surface area contributed by atoms with Crippen molar-refractivity contribution in [1.29, 1.82) is 0 Å². The van der Waals surface area contributed by atoms with Crippen LogP contribution >= 0.6 is 68.3 Å². The van der Waals surface area contributed by atoms with Crippen LogP contribution in [-0.2, 0) is 0 Å². The summed E-state index contributed by atoms with van der Waals surface area (Å²) in [6.07, 6.45) is 2.13. The molecule has 0 aliphatic carbocycles. The van der Waals surface area contributed by atoms with Crippen LogP contribution in [0.5, 0.6) is 0 Å². The van der Waals surface area contributed by atoms with Gasteiger partial charge in [-0.05, 0) is 81.6 Å². The van der Waals surface area contributed by atoms with Crippen molar-refractivity contribution in [1.82, 2.24) is 4.98 Å². The summed E-state index contributed by atoms with van der Waals surface area (Å²) in [5, 5.41) is 5.65. The molecule has 4 rings (SSSR count). The van der Waals surface area contributed by atoms with Gasteiger partial charge in [-0.15, -0.1) is 11.3 Å². The lowest BCUT2D eigenvalue weighted by Crippen LogP contribution is -1.88. The predicted molar refractivity (Wildman–Crippen MR) is 109 cm³/mol. The molecule has 104 valence electrons. The summed E-state index contributed by atoms with van der Waals surface area (Å²) in [6.45, 7) is 0. The number of nitrogens with one attached hydrogen (secondary N) is 1. The zero-order valence-corrected chi connectivity index (χ0v) is 16.5. The minimum atomic E-state index is 1.05. The first-order valence-electron chi connectivity index (χ1n) is 6.20. The Morgan fingerprint density at radius 2 is 1.86 bits per heavy atom. The van der Waals surface area contributed by atoms with Crippen molar-refractivity contribution < 1.29 is 0 Å². The van der Waals surface area contributed by atoms with E-state index in [1.165, 1.54) is 22.4 Å². The number of aromatic nitrogens is 1. The molecule has 21 heavy (non-hydrogen) atoms. The van der Waals surface area contributed by atoms with E-state index in [1.807, 2.05) is 0 Å². The van der Waals surface area contributed by atoms with Gasteiger partial charge in [-0.2, -0.15) is 0 Å². The smallest absolute Gasteiger partial charge is 0.119 e. The van der Waals surface area contributed by atoms with Crippen LogP contribution in [0.25, 0.3) is 16.3 Å². The Morgan fingerprint density at radius 3 is 2.76 bits per heavy atom. The highest BCUT2D eigenvalue weighted by Gasteiger charge is 2.16. The van der Waals surface area contributed by atoms with Gasteiger partial charge in [-0.25, -0.2) is 4.98 Å². The third-order valence-electron chi connectivity index (χ3n) is 3.04. The highest BCUT2D eigenvalue weighted by Crippen LogP contribution is 2.42. The lowest BCUT2D eigenvalue weighted by atomic mass is 10.3. The first-order valence-corrected chi connectivity index (χ1v) is 9.99. The SMILES string of the molecule is Ic1ccc2c(c1)N/C(=C/c1nc3cc(I)ccc3s1)S2. The van der Waals surface area contributed by atoms with Gasteiger partial charge in [0.15, 0.2) is 0 Å². The first kappa shape index (κ1) is 14.3. The van der Waals surface area contributed by atoms with Gasteiger partial charge in [-0.1, -0.05) is 11.8 Å². The highest BCUT2D eigenvalue weighted by molar-refractivity contribution is 14.1. The third-order valence-corrected chi connectivity index (χ3v) is 6.38. The Kier molecular flexibility index (Phi) is 3.88. The van der Waals surface area contributed by atoms with Crippen LogP contribution in [0.4, 0.5) is 5.69 Å². The Bertz CT molecular complexity index is 887. The highest BCUT2D eigenvalue weighted by atomic mass is 127. The van der Waals surface area contributed by atoms with Crippen LogP contribution in [0.3, 0.4) is 0 Å². The van der Waals surface area contributed by atoms with E-state index in [4.69, 9.17) is 4.98 Å². The van der Waals surface area contributed by atoms with Gasteiger partial charge < -0.3 is 5.32 Å². The maximum atomic E-state index is 4.70. The molecule has 0 radical (unpaired) electrons. The number of benzene rings is 2. The van der Waals surface area contributed by atoms with Gasteiger partial charge in [0, 0.05) is 18.1 Å². The standard InChI is InChI=1S/C15H8I2N2S2/c16-8-1-3-12-10(5-8)18-14(20-12)7-15-19-11-6-9(17)2-4-13(11)21-15/h1-7,18H/b14-7-. The molecule has 0 saturated heterocycles. The molecule has 0 saturated carbocycles. The summed E-state index contributed by atoms with van der Waals surface area (Å²) >= 11 is 8.15. The summed E-state index contributed by atoms with van der Waals surface area (Å²) < 4.78 is 3.70. The van der Waals surface area contributed by atoms with E-state index in [0.717, 1.165) is 15.6 Å². The van der Waals surface area contributed by atoms with Crippen molar-refractivity contribution in [3.05, 3.63) is 53.6 Å². The number of hydrogen-bond acceptors (Lipinski definition) is 4. The van der Waals surface area contributed by atoms with Crippen molar-refractivity contribution in [2.75, 3.05) is 5.32 Å². The second-order valence-electron chi connectivity index (χ2n) is 4.54. The second-order valence-corrected chi connectivity index (χ2v) is 9.18. The molecule has 0 bridgehead atoms. The molecule has 0 atom stereocenters. The third kappa shape index (κ3) is 2.95. The average molecular weight is 534 g/mol. The van der Waals surface area contributed by atoms with E-state index in [2.05, 4.69) is 93.0 Å². The summed E-state index contributed by atoms with van der Waals surface area (Å²) in [7, 11) is 0. The van der Waals surface area contributed by atoms with Crippen molar-refractivity contribution in [2.45, 2.75) is 4.90 Å². The van der Waals surface area contributed by atoms with Crippen molar-refractivity contribution in [3.8, 4) is 0 Å². The monoisotopic (exact) mass is 534 g/mol. The van der Waals surface area contributed by atoms with Crippen LogP contribution in [0, 0.1) is 7.14 Å². The Balaban J connectivity index is 1.68. The van der Waals surface area contributed by atoms with Crippen molar-refractivity contribution in [3.63, 3.8) is 0 Å². The average Bonchev–Trinajstić information content (AvgIpc) is 3.00. The summed E-state index contributed by atoms with van der Waals surface area (Å²) in [4.78, 5) is 5.98. The Morgan fingerprint density at radius 1 is 1.05 bits per heavy atom. The molecule has 0 fully saturated rings. The molecule has 2 aromatic carbocycles. The molecule has 6 heteroatoms. The molecule has 1 aliphatic rings. The van der Waals surface area contributed by atoms with Crippen LogP contribution in [0.1, 0.15) is 5.01 Å². The van der Waals surface area contributed by atoms with Crippen molar-refractivity contribution in [2.24, 2.45) is 0 Å². The van der Waals surface area contributed by atoms with E-state index in [0.29, 0.717) is 0 Å². The number of rotatable bonds is 1. The lowest BCUT2D eigenvalue weighted by Gasteiger charge is -1.97. The molecule has 2 nitrogen and oxygen atoms in total. The number of fused-ring (bicyclic) bond motifs is 2. The van der Waals surface area contributed by atoms with E-state index in [-0.39, 0.29) is 0 Å². The molecule has 3 aromatic rings. The zero-order valence-electron chi connectivity index (χ0n) is 10.6. The molecule has 2 heterocycles. The molecule has 0 spiro atoms. The minimum absolute atomic E-state index is 1.05. The number of hydrogen-bond donors (Lipinski definition) is 1. The zero-order chi connectivity index (χ0) is 14.4. The number of thiazole rings is 1. The quantitative estimate of drug-likeness (QED) is 0.387. The van der Waals surface area contributed by atoms with E-state index in [1.54, 1.807) is 23.1 Å². The molecular formula is C15H8I2N2S2. The van der Waals surface area contributed by atoms with Gasteiger partial charge in [0.25, 0.3) is 0 Å². The first-order chi connectivity index (χ1) is 10.2. The van der Waals surface area contributed by atoms with E-state index >= 15 is 0 Å². The van der Waals surface area contributed by atoms with E-state index in [9.17, 15) is 0 Å². The molecule has 0 amide bonds. The van der Waals surface area contributed by atoms with Crippen LogP contribution < -0.4 is 5.32 Å². The predicted octanol–water partition coefficient (Wildman–Crippen LogP) is 6.02. The number of thioether (sulfide) groups is 1. The molecule has 1 aliphatic heterocycles. The number of nitrogens with zero attached hydrogens (tertiary/aromatic N) is 1. The topological polar surface area (TPSA) is 24.9 Å². The van der Waals surface area contributed by atoms with Gasteiger partial charge in [-0.3, -0.25) is 0 Å². The molecule has 1 aromatic heterocycles. The fourth-order valence-corrected chi connectivity index (χ4v) is 4.98. The summed E-state index contributed by atoms with van der Waals surface area (Å²) in [5.41, 5.74) is 2.27. The Hall–Kier alpha value is -0.320. The van der Waals surface area contributed by atoms with Crippen LogP contribution in [0.15, 0.2) is 46.3 Å². The fourth-order valence-electron chi connectivity index (χ4n) is 2.12. The lowest BCUT2D eigenvalue weighted by molar-refractivity contribution is 1.43. The fraction of sp³-hybridized carbons (Fsp3) is 0. The maximum Gasteiger partial charge on any atom is 0.119 e. The van der Waals surface area contributed by atoms with Crippen molar-refractivity contribution >= 4 is 90.3 Å². The van der Waals surface area contributed by atoms with Gasteiger partial charge in [0.05, 0.1) is 20.9 Å². The summed E-state index contributed by atoms with van der Waals surface area (Å²) in [5.74, 6) is 0. The van der Waals surface area contributed by atoms with Gasteiger partial charge in [0.2, 0.25) is 0 Å². The number of halogens is 2. The van der Waals surface area contributed by atoms with Gasteiger partial charge >= 0.3 is 0 Å². The second kappa shape index (κ2) is 5.71. The maximum absolute atomic E-state index is 4.70. The minimum Gasteiger partial charge on any atom is -0.349 e. The van der Waals surface area contributed by atoms with Gasteiger partial charge in [0.1, 0.15) is 5.01 Å². The molecule has 1 N–H and O–H groups in total. The van der Waals surface area contributed by atoms with Crippen LogP contribution in [-0.4, -0.2) is 4.98 Å². The molecular weight excluding hydrogens is 526 g/mol. The van der Waals surface area contributed by atoms with E-state index < -0.39 is 0 Å². The number of anilines is 1. The largest absolute Gasteiger partial charge is 0.349 e. The summed E-state index contributed by atoms with van der Waals surface area (Å²) in [6, 6.07) is 12.9. The normalized spacial score (nSPS) is 15.4. The van der Waals surface area contributed by atoms with Crippen LogP contribution in [0.2, 0.25) is 0 Å². The Labute approximate surface area is 157 Å². The molecule has 0 unspecified atom stereocenters.